The van der Waals surface area contributed by atoms with E-state index in [1.807, 2.05) is 0 Å². The molecule has 0 aromatic carbocycles. The average molecular weight is 328 g/mol. The van der Waals surface area contributed by atoms with Crippen LogP contribution in [-0.2, 0) is 10.0 Å². The van der Waals surface area contributed by atoms with Crippen molar-refractivity contribution in [3.8, 4) is 0 Å². The average Bonchev–Trinajstić information content (AvgIpc) is 2.98. The highest BCUT2D eigenvalue weighted by Crippen LogP contribution is 2.43. The summed E-state index contributed by atoms with van der Waals surface area (Å²) in [4.78, 5) is 13.9. The minimum atomic E-state index is -3.08. The van der Waals surface area contributed by atoms with Crippen molar-refractivity contribution in [1.29, 1.82) is 0 Å². The molecule has 0 bridgehead atoms. The monoisotopic (exact) mass is 328 g/mol. The summed E-state index contributed by atoms with van der Waals surface area (Å²) in [5.41, 5.74) is 0.344. The van der Waals surface area contributed by atoms with Gasteiger partial charge < -0.3 is 4.90 Å². The molecule has 21 heavy (non-hydrogen) atoms. The zero-order valence-corrected chi connectivity index (χ0v) is 13.1. The Morgan fingerprint density at radius 2 is 2.10 bits per heavy atom. The molecule has 7 nitrogen and oxygen atoms in total. The fraction of sp³-hybridized carbons (Fsp3) is 0.750. The molecule has 2 aliphatic heterocycles. The van der Waals surface area contributed by atoms with Crippen molar-refractivity contribution in [2.45, 2.75) is 24.5 Å². The van der Waals surface area contributed by atoms with E-state index < -0.39 is 10.0 Å². The van der Waals surface area contributed by atoms with Crippen LogP contribution in [0.4, 0.5) is 0 Å². The van der Waals surface area contributed by atoms with Crippen molar-refractivity contribution in [3.05, 3.63) is 11.1 Å². The summed E-state index contributed by atoms with van der Waals surface area (Å²) in [5, 5.41) is 5.29. The molecule has 1 amide bonds. The molecule has 1 spiro atoms. The van der Waals surface area contributed by atoms with E-state index >= 15 is 0 Å². The lowest BCUT2D eigenvalue weighted by Crippen LogP contribution is -2.59. The van der Waals surface area contributed by atoms with Gasteiger partial charge in [0.05, 0.1) is 5.25 Å². The predicted molar refractivity (Wildman–Crippen MR) is 76.4 cm³/mol. The second-order valence-electron chi connectivity index (χ2n) is 6.28. The van der Waals surface area contributed by atoms with Gasteiger partial charge in [-0.2, -0.15) is 0 Å². The van der Waals surface area contributed by atoms with Gasteiger partial charge in [-0.05, 0) is 30.8 Å². The smallest absolute Gasteiger partial charge is 0.275 e. The Hall–Kier alpha value is -1.06. The molecule has 3 aliphatic rings. The second kappa shape index (κ2) is 4.47. The standard InChI is InChI=1S/C12H16N4O3S2/c17-11(10-5-20-14-13-10)15-6-12(7-15)3-4-16(8-12)21(18,19)9-1-2-9/h5,9H,1-4,6-8H2. The number of carbonyl (C=O) groups is 1. The summed E-state index contributed by atoms with van der Waals surface area (Å²) < 4.78 is 29.8. The third kappa shape index (κ3) is 2.18. The molecule has 114 valence electrons. The minimum absolute atomic E-state index is 0.0406. The van der Waals surface area contributed by atoms with Gasteiger partial charge in [0.15, 0.2) is 5.69 Å². The Morgan fingerprint density at radius 1 is 1.33 bits per heavy atom. The van der Waals surface area contributed by atoms with Crippen molar-refractivity contribution < 1.29 is 13.2 Å². The number of hydrogen-bond acceptors (Lipinski definition) is 6. The molecule has 0 N–H and O–H groups in total. The van der Waals surface area contributed by atoms with E-state index in [-0.39, 0.29) is 16.6 Å². The Bertz CT molecular complexity index is 663. The summed E-state index contributed by atoms with van der Waals surface area (Å²) in [5.74, 6) is -0.0992. The van der Waals surface area contributed by atoms with Gasteiger partial charge in [0.2, 0.25) is 10.0 Å². The molecule has 3 fully saturated rings. The molecular formula is C12H16N4O3S2. The van der Waals surface area contributed by atoms with Gasteiger partial charge in [-0.15, -0.1) is 5.10 Å². The minimum Gasteiger partial charge on any atom is -0.336 e. The normalized spacial score (nSPS) is 25.2. The first-order valence-electron chi connectivity index (χ1n) is 7.06. The first-order chi connectivity index (χ1) is 10.0. The molecular weight excluding hydrogens is 312 g/mol. The largest absolute Gasteiger partial charge is 0.336 e. The lowest BCUT2D eigenvalue weighted by Gasteiger charge is -2.47. The third-order valence-corrected chi connectivity index (χ3v) is 7.48. The lowest BCUT2D eigenvalue weighted by atomic mass is 9.79. The molecule has 0 radical (unpaired) electrons. The predicted octanol–water partition coefficient (Wildman–Crippen LogP) is 0.178. The zero-order chi connectivity index (χ0) is 14.7. The van der Waals surface area contributed by atoms with E-state index in [1.165, 1.54) is 0 Å². The zero-order valence-electron chi connectivity index (χ0n) is 11.4. The van der Waals surface area contributed by atoms with Crippen LogP contribution < -0.4 is 0 Å². The highest BCUT2D eigenvalue weighted by molar-refractivity contribution is 7.90. The summed E-state index contributed by atoms with van der Waals surface area (Å²) >= 11 is 1.16. The molecule has 1 aromatic heterocycles. The fourth-order valence-corrected chi connectivity index (χ4v) is 5.66. The van der Waals surface area contributed by atoms with Crippen LogP contribution in [0.1, 0.15) is 29.8 Å². The first kappa shape index (κ1) is 13.6. The van der Waals surface area contributed by atoms with Crippen LogP contribution in [0.3, 0.4) is 0 Å². The highest BCUT2D eigenvalue weighted by atomic mass is 32.2. The molecule has 0 unspecified atom stereocenters. The number of nitrogens with zero attached hydrogens (tertiary/aromatic N) is 4. The van der Waals surface area contributed by atoms with Crippen molar-refractivity contribution in [1.82, 2.24) is 18.8 Å². The first-order valence-corrected chi connectivity index (χ1v) is 9.40. The summed E-state index contributed by atoms with van der Waals surface area (Å²) in [7, 11) is -3.08. The fourth-order valence-electron chi connectivity index (χ4n) is 3.27. The molecule has 0 atom stereocenters. The number of hydrogen-bond donors (Lipinski definition) is 0. The maximum atomic E-state index is 12.3. The van der Waals surface area contributed by atoms with Gasteiger partial charge >= 0.3 is 0 Å². The van der Waals surface area contributed by atoms with E-state index in [2.05, 4.69) is 9.59 Å². The van der Waals surface area contributed by atoms with Crippen molar-refractivity contribution in [3.63, 3.8) is 0 Å². The van der Waals surface area contributed by atoms with Gasteiger partial charge in [-0.1, -0.05) is 4.49 Å². The Balaban J connectivity index is 1.40. The van der Waals surface area contributed by atoms with Gasteiger partial charge in [0.1, 0.15) is 0 Å². The van der Waals surface area contributed by atoms with Crippen LogP contribution in [-0.4, -0.2) is 64.5 Å². The van der Waals surface area contributed by atoms with Crippen molar-refractivity contribution >= 4 is 27.5 Å². The van der Waals surface area contributed by atoms with E-state index in [0.29, 0.717) is 31.9 Å². The molecule has 9 heteroatoms. The summed E-state index contributed by atoms with van der Waals surface area (Å²) in [6, 6.07) is 0. The van der Waals surface area contributed by atoms with E-state index in [9.17, 15) is 13.2 Å². The number of likely N-dealkylation sites (tertiary alicyclic amines) is 1. The van der Waals surface area contributed by atoms with Crippen LogP contribution in [0.15, 0.2) is 5.38 Å². The number of carbonyl (C=O) groups excluding carboxylic acids is 1. The second-order valence-corrected chi connectivity index (χ2v) is 9.10. The third-order valence-electron chi connectivity index (χ3n) is 4.63. The van der Waals surface area contributed by atoms with Gasteiger partial charge in [-0.25, -0.2) is 12.7 Å². The summed E-state index contributed by atoms with van der Waals surface area (Å²) in [6.45, 7) is 2.41. The Morgan fingerprint density at radius 3 is 2.71 bits per heavy atom. The van der Waals surface area contributed by atoms with E-state index in [4.69, 9.17) is 0 Å². The number of sulfonamides is 1. The quantitative estimate of drug-likeness (QED) is 0.790. The summed E-state index contributed by atoms with van der Waals surface area (Å²) in [6.07, 6.45) is 2.44. The van der Waals surface area contributed by atoms with E-state index in [0.717, 1.165) is 30.8 Å². The van der Waals surface area contributed by atoms with Crippen LogP contribution in [0, 0.1) is 5.41 Å². The SMILES string of the molecule is O=C(c1csnn1)N1CC2(CCN(S(=O)(=O)C3CC3)C2)C1. The Kier molecular flexibility index (Phi) is 2.89. The molecule has 2 saturated heterocycles. The van der Waals surface area contributed by atoms with Gasteiger partial charge in [0.25, 0.3) is 5.91 Å². The maximum Gasteiger partial charge on any atom is 0.275 e. The highest BCUT2D eigenvalue weighted by Gasteiger charge is 2.53. The molecule has 4 rings (SSSR count). The van der Waals surface area contributed by atoms with Crippen LogP contribution in [0.25, 0.3) is 0 Å². The van der Waals surface area contributed by atoms with Crippen LogP contribution >= 0.6 is 11.5 Å². The van der Waals surface area contributed by atoms with Crippen molar-refractivity contribution in [2.75, 3.05) is 26.2 Å². The van der Waals surface area contributed by atoms with Gasteiger partial charge in [-0.3, -0.25) is 4.79 Å². The molecule has 1 aromatic rings. The maximum absolute atomic E-state index is 12.3. The van der Waals surface area contributed by atoms with Crippen molar-refractivity contribution in [2.24, 2.45) is 5.41 Å². The number of aromatic nitrogens is 2. The molecule has 3 heterocycles. The van der Waals surface area contributed by atoms with Crippen LogP contribution in [0.5, 0.6) is 0 Å². The van der Waals surface area contributed by atoms with E-state index in [1.54, 1.807) is 14.6 Å². The lowest BCUT2D eigenvalue weighted by molar-refractivity contribution is 0.0131. The van der Waals surface area contributed by atoms with Crippen LogP contribution in [0.2, 0.25) is 0 Å². The van der Waals surface area contributed by atoms with Gasteiger partial charge in [0, 0.05) is 37.0 Å². The Labute approximate surface area is 127 Å². The number of amides is 1. The topological polar surface area (TPSA) is 83.5 Å². The molecule has 1 aliphatic carbocycles. The molecule has 1 saturated carbocycles. The number of rotatable bonds is 3.